The van der Waals surface area contributed by atoms with Crippen LogP contribution in [0.25, 0.3) is 5.69 Å². The monoisotopic (exact) mass is 409 g/mol. The lowest BCUT2D eigenvalue weighted by Crippen LogP contribution is -2.51. The van der Waals surface area contributed by atoms with Crippen LogP contribution in [-0.2, 0) is 0 Å². The number of nitrogens with one attached hydrogen (secondary N) is 2. The van der Waals surface area contributed by atoms with Crippen molar-refractivity contribution in [1.29, 1.82) is 0 Å². The Morgan fingerprint density at radius 1 is 0.900 bits per heavy atom. The molecule has 0 atom stereocenters. The Balaban J connectivity index is 1.25. The molecule has 1 aromatic carbocycles. The average Bonchev–Trinajstić information content (AvgIpc) is 3.21. The molecule has 0 spiro atoms. The third-order valence-corrected chi connectivity index (χ3v) is 6.26. The standard InChI is InChI=1S/C23H31N5O2/c1-17-11-14-24-28(17)21-9-7-18(8-10-21)22(29)25-20-12-15-27(16-13-20)23(30)26-19-5-3-2-4-6-19/h7-11,14,19-20H,2-6,12-13,15-16H2,1H3,(H,25,29)(H,26,30). The third-order valence-electron chi connectivity index (χ3n) is 6.26. The number of hydrogen-bond donors (Lipinski definition) is 2. The number of piperidine rings is 1. The second kappa shape index (κ2) is 9.32. The molecule has 0 bridgehead atoms. The minimum atomic E-state index is -0.0659. The summed E-state index contributed by atoms with van der Waals surface area (Å²) in [6.07, 6.45) is 9.22. The Morgan fingerprint density at radius 3 is 2.20 bits per heavy atom. The van der Waals surface area contributed by atoms with Crippen molar-refractivity contribution in [2.75, 3.05) is 13.1 Å². The van der Waals surface area contributed by atoms with Gasteiger partial charge < -0.3 is 15.5 Å². The molecule has 1 aromatic heterocycles. The highest BCUT2D eigenvalue weighted by molar-refractivity contribution is 5.94. The van der Waals surface area contributed by atoms with Crippen LogP contribution in [0.2, 0.25) is 0 Å². The number of hydrogen-bond acceptors (Lipinski definition) is 3. The Morgan fingerprint density at radius 2 is 1.57 bits per heavy atom. The maximum absolute atomic E-state index is 12.6. The van der Waals surface area contributed by atoms with Crippen LogP contribution >= 0.6 is 0 Å². The SMILES string of the molecule is Cc1ccnn1-c1ccc(C(=O)NC2CCN(C(=O)NC3CCCCC3)CC2)cc1. The highest BCUT2D eigenvalue weighted by Crippen LogP contribution is 2.19. The molecule has 1 saturated heterocycles. The van der Waals surface area contributed by atoms with Crippen molar-refractivity contribution in [1.82, 2.24) is 25.3 Å². The number of amides is 3. The lowest BCUT2D eigenvalue weighted by molar-refractivity contribution is 0.0917. The van der Waals surface area contributed by atoms with Crippen molar-refractivity contribution in [2.45, 2.75) is 64.0 Å². The molecule has 2 fully saturated rings. The van der Waals surface area contributed by atoms with Crippen molar-refractivity contribution in [2.24, 2.45) is 0 Å². The quantitative estimate of drug-likeness (QED) is 0.812. The summed E-state index contributed by atoms with van der Waals surface area (Å²) in [5.74, 6) is -0.0659. The third kappa shape index (κ3) is 4.83. The first-order valence-electron chi connectivity index (χ1n) is 11.1. The molecular formula is C23H31N5O2. The number of urea groups is 1. The summed E-state index contributed by atoms with van der Waals surface area (Å²) in [5.41, 5.74) is 2.62. The van der Waals surface area contributed by atoms with Gasteiger partial charge in [0.1, 0.15) is 0 Å². The molecule has 1 aliphatic carbocycles. The van der Waals surface area contributed by atoms with Crippen molar-refractivity contribution in [3.8, 4) is 5.69 Å². The lowest BCUT2D eigenvalue weighted by Gasteiger charge is -2.34. The van der Waals surface area contributed by atoms with Crippen molar-refractivity contribution in [3.05, 3.63) is 47.8 Å². The van der Waals surface area contributed by atoms with Gasteiger partial charge in [0.2, 0.25) is 0 Å². The van der Waals surface area contributed by atoms with E-state index >= 15 is 0 Å². The fourth-order valence-electron chi connectivity index (χ4n) is 4.40. The summed E-state index contributed by atoms with van der Waals surface area (Å²) < 4.78 is 1.84. The molecule has 30 heavy (non-hydrogen) atoms. The number of rotatable bonds is 4. The van der Waals surface area contributed by atoms with Gasteiger partial charge in [0, 0.05) is 42.6 Å². The number of benzene rings is 1. The number of carbonyl (C=O) groups is 2. The second-order valence-electron chi connectivity index (χ2n) is 8.45. The van der Waals surface area contributed by atoms with E-state index in [1.807, 2.05) is 46.8 Å². The maximum atomic E-state index is 12.6. The molecule has 7 heteroatoms. The van der Waals surface area contributed by atoms with Crippen LogP contribution in [0.5, 0.6) is 0 Å². The van der Waals surface area contributed by atoms with Crippen LogP contribution in [0.1, 0.15) is 61.0 Å². The van der Waals surface area contributed by atoms with E-state index in [-0.39, 0.29) is 18.0 Å². The zero-order valence-corrected chi connectivity index (χ0v) is 17.6. The molecule has 7 nitrogen and oxygen atoms in total. The molecule has 160 valence electrons. The first-order chi connectivity index (χ1) is 14.6. The van der Waals surface area contributed by atoms with Gasteiger partial charge in [-0.3, -0.25) is 4.79 Å². The summed E-state index contributed by atoms with van der Waals surface area (Å²) in [6, 6.07) is 9.91. The van der Waals surface area contributed by atoms with Crippen molar-refractivity contribution >= 4 is 11.9 Å². The van der Waals surface area contributed by atoms with Gasteiger partial charge in [-0.2, -0.15) is 5.10 Å². The summed E-state index contributed by atoms with van der Waals surface area (Å²) in [6.45, 7) is 3.36. The molecule has 2 aromatic rings. The number of carbonyl (C=O) groups excluding carboxylic acids is 2. The topological polar surface area (TPSA) is 79.3 Å². The lowest BCUT2D eigenvalue weighted by atomic mass is 9.95. The Hall–Kier alpha value is -2.83. The van der Waals surface area contributed by atoms with E-state index in [4.69, 9.17) is 0 Å². The average molecular weight is 410 g/mol. The van der Waals surface area contributed by atoms with E-state index in [1.54, 1.807) is 6.20 Å². The van der Waals surface area contributed by atoms with Crippen LogP contribution in [-0.4, -0.2) is 51.8 Å². The normalized spacial score (nSPS) is 18.2. The van der Waals surface area contributed by atoms with E-state index in [0.717, 1.165) is 37.1 Å². The van der Waals surface area contributed by atoms with Crippen LogP contribution in [0.15, 0.2) is 36.5 Å². The van der Waals surface area contributed by atoms with Gasteiger partial charge >= 0.3 is 6.03 Å². The largest absolute Gasteiger partial charge is 0.349 e. The molecule has 4 rings (SSSR count). The summed E-state index contributed by atoms with van der Waals surface area (Å²) in [5, 5.41) is 10.6. The van der Waals surface area contributed by atoms with E-state index in [0.29, 0.717) is 24.7 Å². The Labute approximate surface area is 177 Å². The minimum absolute atomic E-state index is 0.0520. The van der Waals surface area contributed by atoms with Gasteiger partial charge in [0.05, 0.1) is 5.69 Å². The Bertz CT molecular complexity index is 862. The van der Waals surface area contributed by atoms with E-state index in [2.05, 4.69) is 15.7 Å². The molecule has 1 aliphatic heterocycles. The number of nitrogens with zero attached hydrogens (tertiary/aromatic N) is 3. The molecule has 2 N–H and O–H groups in total. The van der Waals surface area contributed by atoms with Crippen LogP contribution in [0, 0.1) is 6.92 Å². The predicted octanol–water partition coefficient (Wildman–Crippen LogP) is 3.42. The molecule has 0 radical (unpaired) electrons. The number of likely N-dealkylation sites (tertiary alicyclic amines) is 1. The summed E-state index contributed by atoms with van der Waals surface area (Å²) in [4.78, 5) is 27.0. The van der Waals surface area contributed by atoms with Crippen molar-refractivity contribution in [3.63, 3.8) is 0 Å². The smallest absolute Gasteiger partial charge is 0.317 e. The number of aryl methyl sites for hydroxylation is 1. The molecule has 1 saturated carbocycles. The van der Waals surface area contributed by atoms with Gasteiger partial charge in [0.15, 0.2) is 0 Å². The molecule has 3 amide bonds. The molecule has 2 aliphatic rings. The van der Waals surface area contributed by atoms with Crippen LogP contribution < -0.4 is 10.6 Å². The van der Waals surface area contributed by atoms with Gasteiger partial charge in [-0.05, 0) is 62.9 Å². The first-order valence-corrected chi connectivity index (χ1v) is 11.1. The van der Waals surface area contributed by atoms with E-state index in [9.17, 15) is 9.59 Å². The molecule has 0 unspecified atom stereocenters. The Kier molecular flexibility index (Phi) is 6.35. The predicted molar refractivity (Wildman–Crippen MR) is 116 cm³/mol. The van der Waals surface area contributed by atoms with Crippen LogP contribution in [0.3, 0.4) is 0 Å². The summed E-state index contributed by atoms with van der Waals surface area (Å²) in [7, 11) is 0. The fraction of sp³-hybridized carbons (Fsp3) is 0.522. The van der Waals surface area contributed by atoms with Gasteiger partial charge in [-0.25, -0.2) is 9.48 Å². The first kappa shape index (κ1) is 20.4. The van der Waals surface area contributed by atoms with E-state index < -0.39 is 0 Å². The second-order valence-corrected chi connectivity index (χ2v) is 8.45. The number of aromatic nitrogens is 2. The maximum Gasteiger partial charge on any atom is 0.317 e. The molecule has 2 heterocycles. The van der Waals surface area contributed by atoms with Gasteiger partial charge in [0.25, 0.3) is 5.91 Å². The highest BCUT2D eigenvalue weighted by Gasteiger charge is 2.26. The van der Waals surface area contributed by atoms with E-state index in [1.165, 1.54) is 19.3 Å². The van der Waals surface area contributed by atoms with Crippen molar-refractivity contribution < 1.29 is 9.59 Å². The zero-order chi connectivity index (χ0) is 20.9. The summed E-state index contributed by atoms with van der Waals surface area (Å²) >= 11 is 0. The van der Waals surface area contributed by atoms with Crippen LogP contribution in [0.4, 0.5) is 4.79 Å². The highest BCUT2D eigenvalue weighted by atomic mass is 16.2. The minimum Gasteiger partial charge on any atom is -0.349 e. The molecular weight excluding hydrogens is 378 g/mol. The van der Waals surface area contributed by atoms with Gasteiger partial charge in [-0.15, -0.1) is 0 Å². The fourth-order valence-corrected chi connectivity index (χ4v) is 4.40. The van der Waals surface area contributed by atoms with Gasteiger partial charge in [-0.1, -0.05) is 19.3 Å². The zero-order valence-electron chi connectivity index (χ0n) is 17.6.